The summed E-state index contributed by atoms with van der Waals surface area (Å²) in [6, 6.07) is 0.0520. The van der Waals surface area contributed by atoms with Gasteiger partial charge >= 0.3 is 5.97 Å². The van der Waals surface area contributed by atoms with Crippen LogP contribution < -0.4 is 0 Å². The third-order valence-electron chi connectivity index (χ3n) is 1.90. The Labute approximate surface area is 83.7 Å². The number of hydrogen-bond donors (Lipinski definition) is 1. The Morgan fingerprint density at radius 1 is 1.77 bits per heavy atom. The van der Waals surface area contributed by atoms with Gasteiger partial charge in [-0.05, 0) is 6.92 Å². The van der Waals surface area contributed by atoms with Crippen LogP contribution in [0.2, 0.25) is 0 Å². The summed E-state index contributed by atoms with van der Waals surface area (Å²) in [6.45, 7) is 4.23. The van der Waals surface area contributed by atoms with Crippen molar-refractivity contribution in [2.45, 2.75) is 19.4 Å². The summed E-state index contributed by atoms with van der Waals surface area (Å²) in [5.74, 6) is -0.183. The molecule has 1 unspecified atom stereocenters. The zero-order valence-corrected chi connectivity index (χ0v) is 8.63. The fourth-order valence-corrected chi connectivity index (χ4v) is 1.45. The highest BCUT2D eigenvalue weighted by Crippen LogP contribution is 2.12. The van der Waals surface area contributed by atoms with Crippen LogP contribution in [-0.4, -0.2) is 42.7 Å². The topological polar surface area (TPSA) is 38.8 Å². The largest absolute Gasteiger partial charge is 0.466 e. The highest BCUT2D eigenvalue weighted by molar-refractivity contribution is 7.77. The smallest absolute Gasteiger partial charge is 0.307 e. The lowest BCUT2D eigenvalue weighted by molar-refractivity contribution is -0.145. The van der Waals surface area contributed by atoms with E-state index in [2.05, 4.69) is 12.8 Å². The van der Waals surface area contributed by atoms with E-state index < -0.39 is 0 Å². The number of thiol groups is 1. The average Bonchev–Trinajstić information content (AvgIpc) is 2.09. The van der Waals surface area contributed by atoms with Crippen LogP contribution in [0.4, 0.5) is 0 Å². The fraction of sp³-hybridized carbons (Fsp3) is 0.875. The van der Waals surface area contributed by atoms with E-state index in [4.69, 9.17) is 9.47 Å². The molecule has 4 nitrogen and oxygen atoms in total. The van der Waals surface area contributed by atoms with Crippen LogP contribution >= 0.6 is 12.8 Å². The molecule has 0 N–H and O–H groups in total. The Bertz CT molecular complexity index is 177. The lowest BCUT2D eigenvalue weighted by Crippen LogP contribution is -2.41. The van der Waals surface area contributed by atoms with Gasteiger partial charge in [0.15, 0.2) is 0 Å². The predicted octanol–water partition coefficient (Wildman–Crippen LogP) is 0.485. The van der Waals surface area contributed by atoms with Gasteiger partial charge in [0.1, 0.15) is 0 Å². The molecule has 1 aliphatic rings. The molecule has 1 aliphatic heterocycles. The minimum atomic E-state index is -0.183. The van der Waals surface area contributed by atoms with Gasteiger partial charge in [0.2, 0.25) is 0 Å². The van der Waals surface area contributed by atoms with Crippen LogP contribution in [0.3, 0.4) is 0 Å². The molecule has 1 fully saturated rings. The van der Waals surface area contributed by atoms with Crippen LogP contribution in [0.25, 0.3) is 0 Å². The number of nitrogens with zero attached hydrogens (tertiary/aromatic N) is 1. The number of carbonyl (C=O) groups is 1. The first-order valence-electron chi connectivity index (χ1n) is 4.43. The van der Waals surface area contributed by atoms with Crippen molar-refractivity contribution in [2.75, 3.05) is 26.4 Å². The van der Waals surface area contributed by atoms with Crippen LogP contribution in [0.15, 0.2) is 0 Å². The number of morpholine rings is 1. The summed E-state index contributed by atoms with van der Waals surface area (Å²) in [5.41, 5.74) is 0. The maximum absolute atomic E-state index is 11.1. The monoisotopic (exact) mass is 205 g/mol. The Morgan fingerprint density at radius 2 is 2.54 bits per heavy atom. The highest BCUT2D eigenvalue weighted by atomic mass is 32.1. The van der Waals surface area contributed by atoms with Gasteiger partial charge in [-0.1, -0.05) is 12.8 Å². The normalized spacial score (nSPS) is 24.3. The number of carbonyl (C=O) groups excluding carboxylic acids is 1. The Kier molecular flexibility index (Phi) is 4.55. The van der Waals surface area contributed by atoms with Gasteiger partial charge in [0.25, 0.3) is 0 Å². The quantitative estimate of drug-likeness (QED) is 0.537. The summed E-state index contributed by atoms with van der Waals surface area (Å²) in [6.07, 6.45) is 0.358. The summed E-state index contributed by atoms with van der Waals surface area (Å²) < 4.78 is 11.9. The molecule has 1 atom stereocenters. The fourth-order valence-electron chi connectivity index (χ4n) is 1.22. The highest BCUT2D eigenvalue weighted by Gasteiger charge is 2.23. The standard InChI is InChI=1S/C8H15NO3S/c1-2-12-8(10)5-7-6-11-4-3-9(7)13/h7,13H,2-6H2,1H3. The summed E-state index contributed by atoms with van der Waals surface area (Å²) in [4.78, 5) is 11.1. The van der Waals surface area contributed by atoms with Crippen molar-refractivity contribution in [3.8, 4) is 0 Å². The molecule has 0 aromatic carbocycles. The number of ether oxygens (including phenoxy) is 2. The molecule has 1 rings (SSSR count). The van der Waals surface area contributed by atoms with Gasteiger partial charge in [0.05, 0.1) is 32.3 Å². The van der Waals surface area contributed by atoms with E-state index in [0.717, 1.165) is 6.54 Å². The van der Waals surface area contributed by atoms with E-state index in [1.807, 2.05) is 4.31 Å². The van der Waals surface area contributed by atoms with Crippen LogP contribution in [-0.2, 0) is 14.3 Å². The first-order valence-corrected chi connectivity index (χ1v) is 4.83. The van der Waals surface area contributed by atoms with E-state index in [1.165, 1.54) is 0 Å². The lowest BCUT2D eigenvalue weighted by Gasteiger charge is -2.30. The first-order chi connectivity index (χ1) is 6.24. The zero-order valence-electron chi connectivity index (χ0n) is 7.73. The molecule has 0 aromatic rings. The molecule has 76 valence electrons. The maximum atomic E-state index is 11.1. The third-order valence-corrected chi connectivity index (χ3v) is 2.43. The SMILES string of the molecule is CCOC(=O)CC1COCCN1S. The third kappa shape index (κ3) is 3.54. The average molecular weight is 205 g/mol. The van der Waals surface area contributed by atoms with Gasteiger partial charge in [-0.25, -0.2) is 4.31 Å². The van der Waals surface area contributed by atoms with Crippen molar-refractivity contribution < 1.29 is 14.3 Å². The summed E-state index contributed by atoms with van der Waals surface area (Å²) in [7, 11) is 0. The molecule has 0 amide bonds. The second-order valence-electron chi connectivity index (χ2n) is 2.90. The molecule has 0 bridgehead atoms. The van der Waals surface area contributed by atoms with E-state index in [-0.39, 0.29) is 12.0 Å². The van der Waals surface area contributed by atoms with Crippen LogP contribution in [0.5, 0.6) is 0 Å². The van der Waals surface area contributed by atoms with E-state index >= 15 is 0 Å². The van der Waals surface area contributed by atoms with Crippen molar-refractivity contribution in [2.24, 2.45) is 0 Å². The molecule has 0 saturated carbocycles. The van der Waals surface area contributed by atoms with Crippen molar-refractivity contribution >= 4 is 18.8 Å². The van der Waals surface area contributed by atoms with Gasteiger partial charge in [-0.15, -0.1) is 0 Å². The molecule has 5 heteroatoms. The number of rotatable bonds is 3. The minimum Gasteiger partial charge on any atom is -0.466 e. The van der Waals surface area contributed by atoms with Gasteiger partial charge in [0, 0.05) is 6.54 Å². The molecule has 1 saturated heterocycles. The van der Waals surface area contributed by atoms with Crippen molar-refractivity contribution in [1.82, 2.24) is 4.31 Å². The number of hydrogen-bond acceptors (Lipinski definition) is 5. The summed E-state index contributed by atoms with van der Waals surface area (Å²) in [5, 5.41) is 0. The Balaban J connectivity index is 2.29. The molecule has 0 aliphatic carbocycles. The lowest BCUT2D eigenvalue weighted by atomic mass is 10.2. The van der Waals surface area contributed by atoms with Crippen molar-refractivity contribution in [1.29, 1.82) is 0 Å². The van der Waals surface area contributed by atoms with Crippen LogP contribution in [0.1, 0.15) is 13.3 Å². The molecule has 0 radical (unpaired) electrons. The van der Waals surface area contributed by atoms with Crippen molar-refractivity contribution in [3.63, 3.8) is 0 Å². The maximum Gasteiger partial charge on any atom is 0.307 e. The molecular weight excluding hydrogens is 190 g/mol. The zero-order chi connectivity index (χ0) is 9.68. The molecule has 0 aromatic heterocycles. The van der Waals surface area contributed by atoms with Crippen molar-refractivity contribution in [3.05, 3.63) is 0 Å². The Hall–Kier alpha value is -0.260. The first kappa shape index (κ1) is 10.8. The number of esters is 1. The van der Waals surface area contributed by atoms with Gasteiger partial charge in [-0.3, -0.25) is 4.79 Å². The van der Waals surface area contributed by atoms with Gasteiger partial charge in [-0.2, -0.15) is 0 Å². The minimum absolute atomic E-state index is 0.0520. The second kappa shape index (κ2) is 5.47. The van der Waals surface area contributed by atoms with E-state index in [0.29, 0.717) is 26.2 Å². The second-order valence-corrected chi connectivity index (χ2v) is 3.41. The molecule has 1 heterocycles. The van der Waals surface area contributed by atoms with E-state index in [1.54, 1.807) is 6.92 Å². The Morgan fingerprint density at radius 3 is 3.15 bits per heavy atom. The molecule has 13 heavy (non-hydrogen) atoms. The van der Waals surface area contributed by atoms with Gasteiger partial charge < -0.3 is 9.47 Å². The van der Waals surface area contributed by atoms with E-state index in [9.17, 15) is 4.79 Å². The van der Waals surface area contributed by atoms with Crippen LogP contribution in [0, 0.1) is 0 Å². The predicted molar refractivity (Wildman–Crippen MR) is 51.5 cm³/mol. The molecule has 0 spiro atoms. The summed E-state index contributed by atoms with van der Waals surface area (Å²) >= 11 is 4.24. The molecular formula is C8H15NO3S.